The van der Waals surface area contributed by atoms with Crippen LogP contribution in [0.1, 0.15) is 19.4 Å². The van der Waals surface area contributed by atoms with Gasteiger partial charge in [0.25, 0.3) is 0 Å². The van der Waals surface area contributed by atoms with Crippen molar-refractivity contribution in [1.29, 1.82) is 0 Å². The quantitative estimate of drug-likeness (QED) is 0.675. The molecule has 1 heterocycles. The van der Waals surface area contributed by atoms with E-state index in [0.717, 1.165) is 0 Å². The zero-order valence-electron chi connectivity index (χ0n) is 9.01. The second-order valence-corrected chi connectivity index (χ2v) is 3.33. The van der Waals surface area contributed by atoms with Crippen molar-refractivity contribution in [2.24, 2.45) is 0 Å². The summed E-state index contributed by atoms with van der Waals surface area (Å²) in [5.41, 5.74) is 0.675. The average molecular weight is 220 g/mol. The van der Waals surface area contributed by atoms with Gasteiger partial charge in [0.05, 0.1) is 17.4 Å². The van der Waals surface area contributed by atoms with Crippen LogP contribution in [0.15, 0.2) is 12.4 Å². The molecular formula is C12H10F2N2. The minimum absolute atomic E-state index is 0.0499. The summed E-state index contributed by atoms with van der Waals surface area (Å²) in [5.74, 6) is 3.28. The van der Waals surface area contributed by atoms with Gasteiger partial charge in [-0.15, -0.1) is 5.92 Å². The van der Waals surface area contributed by atoms with Crippen LogP contribution in [0, 0.1) is 23.5 Å². The van der Waals surface area contributed by atoms with E-state index in [1.54, 1.807) is 11.5 Å². The fourth-order valence-electron chi connectivity index (χ4n) is 1.63. The first-order chi connectivity index (χ1) is 7.69. The lowest BCUT2D eigenvalue weighted by Gasteiger charge is -2.02. The van der Waals surface area contributed by atoms with Gasteiger partial charge in [0, 0.05) is 6.54 Å². The van der Waals surface area contributed by atoms with E-state index in [4.69, 9.17) is 0 Å². The zero-order valence-corrected chi connectivity index (χ0v) is 9.01. The SMILES string of the molecule is CC#Cc1cc2ncn(CC)c2c(F)c1F. The number of aryl methyl sites for hydroxylation is 1. The Hall–Kier alpha value is -1.89. The van der Waals surface area contributed by atoms with E-state index in [9.17, 15) is 8.78 Å². The van der Waals surface area contributed by atoms with Gasteiger partial charge in [-0.3, -0.25) is 0 Å². The van der Waals surface area contributed by atoms with Gasteiger partial charge in [-0.1, -0.05) is 5.92 Å². The molecule has 0 N–H and O–H groups in total. The van der Waals surface area contributed by atoms with Crippen molar-refractivity contribution in [3.63, 3.8) is 0 Å². The van der Waals surface area contributed by atoms with Gasteiger partial charge in [0.15, 0.2) is 11.6 Å². The minimum Gasteiger partial charge on any atom is -0.328 e. The summed E-state index contributed by atoms with van der Waals surface area (Å²) < 4.78 is 28.9. The van der Waals surface area contributed by atoms with E-state index in [-0.39, 0.29) is 11.1 Å². The van der Waals surface area contributed by atoms with Crippen LogP contribution < -0.4 is 0 Å². The number of hydrogen-bond donors (Lipinski definition) is 0. The van der Waals surface area contributed by atoms with E-state index >= 15 is 0 Å². The molecule has 2 rings (SSSR count). The highest BCUT2D eigenvalue weighted by molar-refractivity contribution is 5.78. The molecule has 0 aliphatic carbocycles. The summed E-state index contributed by atoms with van der Waals surface area (Å²) >= 11 is 0. The third-order valence-corrected chi connectivity index (χ3v) is 2.38. The van der Waals surface area contributed by atoms with Crippen LogP contribution in [-0.4, -0.2) is 9.55 Å². The normalized spacial score (nSPS) is 10.2. The minimum atomic E-state index is -0.906. The molecule has 0 bridgehead atoms. The van der Waals surface area contributed by atoms with E-state index in [0.29, 0.717) is 12.1 Å². The average Bonchev–Trinajstić information content (AvgIpc) is 2.68. The topological polar surface area (TPSA) is 17.8 Å². The van der Waals surface area contributed by atoms with Gasteiger partial charge in [0.1, 0.15) is 5.52 Å². The molecule has 4 heteroatoms. The third kappa shape index (κ3) is 1.45. The summed E-state index contributed by atoms with van der Waals surface area (Å²) in [6, 6.07) is 1.47. The maximum Gasteiger partial charge on any atom is 0.185 e. The number of aromatic nitrogens is 2. The predicted octanol–water partition coefficient (Wildman–Crippen LogP) is 2.71. The van der Waals surface area contributed by atoms with Crippen molar-refractivity contribution in [2.75, 3.05) is 0 Å². The van der Waals surface area contributed by atoms with E-state index in [1.807, 2.05) is 6.92 Å². The number of halogens is 2. The zero-order chi connectivity index (χ0) is 11.7. The molecule has 82 valence electrons. The van der Waals surface area contributed by atoms with Gasteiger partial charge < -0.3 is 4.57 Å². The van der Waals surface area contributed by atoms with Gasteiger partial charge in [-0.25, -0.2) is 13.8 Å². The second-order valence-electron chi connectivity index (χ2n) is 3.33. The Balaban J connectivity index is 2.83. The van der Waals surface area contributed by atoms with Crippen molar-refractivity contribution < 1.29 is 8.78 Å². The Kier molecular flexibility index (Phi) is 2.61. The molecule has 0 aliphatic heterocycles. The number of benzene rings is 1. The molecule has 0 radical (unpaired) electrons. The molecule has 0 saturated heterocycles. The molecule has 1 aromatic carbocycles. The van der Waals surface area contributed by atoms with Crippen LogP contribution >= 0.6 is 0 Å². The van der Waals surface area contributed by atoms with Crippen molar-refractivity contribution in [3.8, 4) is 11.8 Å². The van der Waals surface area contributed by atoms with Crippen LogP contribution in [-0.2, 0) is 6.54 Å². The first-order valence-electron chi connectivity index (χ1n) is 4.94. The maximum atomic E-state index is 13.8. The monoisotopic (exact) mass is 220 g/mol. The molecule has 0 fully saturated rings. The smallest absolute Gasteiger partial charge is 0.185 e. The number of nitrogens with zero attached hydrogens (tertiary/aromatic N) is 2. The highest BCUT2D eigenvalue weighted by Gasteiger charge is 2.16. The Bertz CT molecular complexity index is 603. The maximum absolute atomic E-state index is 13.8. The number of rotatable bonds is 1. The number of imidazole rings is 1. The summed E-state index contributed by atoms with van der Waals surface area (Å²) in [5, 5.41) is 0. The van der Waals surface area contributed by atoms with Crippen LogP contribution in [0.5, 0.6) is 0 Å². The lowest BCUT2D eigenvalue weighted by molar-refractivity contribution is 0.510. The molecule has 2 nitrogen and oxygen atoms in total. The van der Waals surface area contributed by atoms with Crippen LogP contribution in [0.3, 0.4) is 0 Å². The molecular weight excluding hydrogens is 210 g/mol. The molecule has 0 amide bonds. The van der Waals surface area contributed by atoms with Gasteiger partial charge in [0.2, 0.25) is 0 Å². The van der Waals surface area contributed by atoms with Crippen molar-refractivity contribution in [2.45, 2.75) is 20.4 Å². The van der Waals surface area contributed by atoms with Crippen molar-refractivity contribution >= 4 is 11.0 Å². The first kappa shape index (κ1) is 10.6. The first-order valence-corrected chi connectivity index (χ1v) is 4.94. The summed E-state index contributed by atoms with van der Waals surface area (Å²) in [4.78, 5) is 4.02. The van der Waals surface area contributed by atoms with Crippen LogP contribution in [0.25, 0.3) is 11.0 Å². The highest BCUT2D eigenvalue weighted by atomic mass is 19.2. The lowest BCUT2D eigenvalue weighted by Crippen LogP contribution is -1.98. The van der Waals surface area contributed by atoms with E-state index < -0.39 is 11.6 Å². The Morgan fingerprint density at radius 3 is 2.75 bits per heavy atom. The fraction of sp³-hybridized carbons (Fsp3) is 0.250. The van der Waals surface area contributed by atoms with Gasteiger partial charge >= 0.3 is 0 Å². The fourth-order valence-corrected chi connectivity index (χ4v) is 1.63. The summed E-state index contributed by atoms with van der Waals surface area (Å²) in [7, 11) is 0. The predicted molar refractivity (Wildman–Crippen MR) is 57.9 cm³/mol. The number of fused-ring (bicyclic) bond motifs is 1. The van der Waals surface area contributed by atoms with Crippen LogP contribution in [0.2, 0.25) is 0 Å². The Morgan fingerprint density at radius 2 is 2.12 bits per heavy atom. The molecule has 0 unspecified atom stereocenters. The molecule has 1 aromatic heterocycles. The largest absolute Gasteiger partial charge is 0.328 e. The van der Waals surface area contributed by atoms with Crippen molar-refractivity contribution in [1.82, 2.24) is 9.55 Å². The molecule has 0 atom stereocenters. The second kappa shape index (κ2) is 3.93. The lowest BCUT2D eigenvalue weighted by atomic mass is 10.1. The molecule has 0 spiro atoms. The molecule has 2 aromatic rings. The van der Waals surface area contributed by atoms with Crippen molar-refractivity contribution in [3.05, 3.63) is 29.6 Å². The summed E-state index contributed by atoms with van der Waals surface area (Å²) in [6.45, 7) is 3.97. The Labute approximate surface area is 91.9 Å². The molecule has 0 aliphatic rings. The Morgan fingerprint density at radius 1 is 1.38 bits per heavy atom. The van der Waals surface area contributed by atoms with E-state index in [2.05, 4.69) is 16.8 Å². The standard InChI is InChI=1S/C12H10F2N2/c1-3-5-8-6-9-12(11(14)10(8)13)16(4-2)7-15-9/h6-7H,4H2,1-2H3. The van der Waals surface area contributed by atoms with Gasteiger partial charge in [-0.2, -0.15) is 0 Å². The van der Waals surface area contributed by atoms with Gasteiger partial charge in [-0.05, 0) is 19.9 Å². The highest BCUT2D eigenvalue weighted by Crippen LogP contribution is 2.22. The van der Waals surface area contributed by atoms with Crippen LogP contribution in [0.4, 0.5) is 8.78 Å². The molecule has 0 saturated carbocycles. The third-order valence-electron chi connectivity index (χ3n) is 2.38. The molecule has 16 heavy (non-hydrogen) atoms. The summed E-state index contributed by atoms with van der Waals surface area (Å²) in [6.07, 6.45) is 1.50. The number of hydrogen-bond acceptors (Lipinski definition) is 1. The van der Waals surface area contributed by atoms with E-state index in [1.165, 1.54) is 12.4 Å².